The van der Waals surface area contributed by atoms with Crippen molar-refractivity contribution in [3.8, 4) is 0 Å². The van der Waals surface area contributed by atoms with Gasteiger partial charge in [0, 0.05) is 0 Å². The summed E-state index contributed by atoms with van der Waals surface area (Å²) < 4.78 is 38.4. The van der Waals surface area contributed by atoms with Gasteiger partial charge in [-0.3, -0.25) is 5.32 Å². The maximum Gasteiger partial charge on any atom is 0.408 e. The molecule has 2 atom stereocenters. The minimum Gasteiger partial charge on any atom is -0.394 e. The molecule has 0 aliphatic carbocycles. The first-order valence-electron chi connectivity index (χ1n) is 5.45. The summed E-state index contributed by atoms with van der Waals surface area (Å²) >= 11 is 0. The summed E-state index contributed by atoms with van der Waals surface area (Å²) in [5.41, 5.74) is -1.92. The third-order valence-electron chi connectivity index (χ3n) is 2.82. The zero-order valence-corrected chi connectivity index (χ0v) is 9.91. The van der Waals surface area contributed by atoms with Crippen LogP contribution in [0.5, 0.6) is 0 Å². The minimum absolute atomic E-state index is 0.490. The van der Waals surface area contributed by atoms with Crippen molar-refractivity contribution in [3.63, 3.8) is 0 Å². The molecule has 0 saturated carbocycles. The van der Waals surface area contributed by atoms with E-state index in [-0.39, 0.29) is 0 Å². The van der Waals surface area contributed by atoms with E-state index in [0.717, 1.165) is 6.92 Å². The number of halogens is 3. The molecule has 0 amide bonds. The summed E-state index contributed by atoms with van der Waals surface area (Å²) in [5.74, 6) is 0. The molecule has 18 heavy (non-hydrogen) atoms. The number of alkyl halides is 3. The lowest BCUT2D eigenvalue weighted by atomic mass is 9.98. The van der Waals surface area contributed by atoms with Gasteiger partial charge in [-0.1, -0.05) is 30.3 Å². The second-order valence-electron chi connectivity index (χ2n) is 4.28. The van der Waals surface area contributed by atoms with Gasteiger partial charge >= 0.3 is 6.18 Å². The van der Waals surface area contributed by atoms with E-state index >= 15 is 0 Å². The van der Waals surface area contributed by atoms with Crippen LogP contribution in [0.2, 0.25) is 0 Å². The number of benzene rings is 1. The highest BCUT2D eigenvalue weighted by Gasteiger charge is 2.51. The molecule has 1 aromatic carbocycles. The fourth-order valence-corrected chi connectivity index (χ4v) is 1.52. The van der Waals surface area contributed by atoms with Crippen molar-refractivity contribution in [3.05, 3.63) is 35.9 Å². The van der Waals surface area contributed by atoms with Crippen molar-refractivity contribution >= 4 is 0 Å². The molecule has 0 aliphatic heterocycles. The summed E-state index contributed by atoms with van der Waals surface area (Å²) in [6.45, 7) is -0.728. The summed E-state index contributed by atoms with van der Waals surface area (Å²) in [6.07, 6.45) is -4.61. The zero-order chi connectivity index (χ0) is 13.8. The Labute approximate surface area is 103 Å². The van der Waals surface area contributed by atoms with Gasteiger partial charge in [-0.05, 0) is 12.5 Å². The Bertz CT molecular complexity index is 369. The Morgan fingerprint density at radius 3 is 2.11 bits per heavy atom. The van der Waals surface area contributed by atoms with Crippen LogP contribution in [0.15, 0.2) is 30.3 Å². The Balaban J connectivity index is 2.92. The molecule has 3 nitrogen and oxygen atoms in total. The van der Waals surface area contributed by atoms with E-state index in [0.29, 0.717) is 5.56 Å². The normalized spacial score (nSPS) is 17.2. The predicted molar refractivity (Wildman–Crippen MR) is 61.0 cm³/mol. The lowest BCUT2D eigenvalue weighted by molar-refractivity contribution is -0.204. The SMILES string of the molecule is C[C@](CO)(N[C@@H](CO)c1ccccc1)C(F)(F)F. The lowest BCUT2D eigenvalue weighted by Gasteiger charge is -2.34. The fraction of sp³-hybridized carbons (Fsp3) is 0.500. The van der Waals surface area contributed by atoms with E-state index in [1.807, 2.05) is 0 Å². The van der Waals surface area contributed by atoms with E-state index in [9.17, 15) is 18.3 Å². The van der Waals surface area contributed by atoms with Crippen LogP contribution in [0, 0.1) is 0 Å². The van der Waals surface area contributed by atoms with Gasteiger partial charge in [-0.25, -0.2) is 0 Å². The monoisotopic (exact) mass is 263 g/mol. The van der Waals surface area contributed by atoms with Gasteiger partial charge in [-0.15, -0.1) is 0 Å². The highest BCUT2D eigenvalue weighted by Crippen LogP contribution is 2.32. The Kier molecular flexibility index (Phi) is 4.72. The van der Waals surface area contributed by atoms with Crippen molar-refractivity contribution in [1.29, 1.82) is 0 Å². The summed E-state index contributed by atoms with van der Waals surface area (Å²) in [5, 5.41) is 20.4. The number of aliphatic hydroxyl groups excluding tert-OH is 2. The number of hydrogen-bond acceptors (Lipinski definition) is 3. The molecule has 0 spiro atoms. The van der Waals surface area contributed by atoms with Crippen LogP contribution < -0.4 is 5.32 Å². The maximum atomic E-state index is 12.8. The molecule has 1 rings (SSSR count). The van der Waals surface area contributed by atoms with Crippen molar-refractivity contribution in [1.82, 2.24) is 5.32 Å². The topological polar surface area (TPSA) is 52.5 Å². The fourth-order valence-electron chi connectivity index (χ4n) is 1.52. The third-order valence-corrected chi connectivity index (χ3v) is 2.82. The molecule has 6 heteroatoms. The summed E-state index contributed by atoms with van der Waals surface area (Å²) in [6, 6.07) is 7.41. The maximum absolute atomic E-state index is 12.8. The lowest BCUT2D eigenvalue weighted by Crippen LogP contribution is -2.58. The van der Waals surface area contributed by atoms with Gasteiger partial charge in [0.1, 0.15) is 5.54 Å². The molecule has 0 aromatic heterocycles. The molecular formula is C12H16F3NO2. The Morgan fingerprint density at radius 2 is 1.72 bits per heavy atom. The van der Waals surface area contributed by atoms with E-state index < -0.39 is 31.0 Å². The van der Waals surface area contributed by atoms with Crippen molar-refractivity contribution in [2.75, 3.05) is 13.2 Å². The zero-order valence-electron chi connectivity index (χ0n) is 9.91. The first kappa shape index (κ1) is 14.9. The quantitative estimate of drug-likeness (QED) is 0.756. The predicted octanol–water partition coefficient (Wildman–Crippen LogP) is 1.62. The minimum atomic E-state index is -4.61. The van der Waals surface area contributed by atoms with Gasteiger partial charge in [0.05, 0.1) is 19.3 Å². The summed E-state index contributed by atoms with van der Waals surface area (Å²) in [7, 11) is 0. The van der Waals surface area contributed by atoms with Crippen molar-refractivity contribution in [2.45, 2.75) is 24.7 Å². The molecule has 1 aromatic rings. The third kappa shape index (κ3) is 3.22. The van der Waals surface area contributed by atoms with Crippen LogP contribution in [-0.4, -0.2) is 35.1 Å². The van der Waals surface area contributed by atoms with E-state index in [1.165, 1.54) is 0 Å². The van der Waals surface area contributed by atoms with Crippen LogP contribution in [0.3, 0.4) is 0 Å². The van der Waals surface area contributed by atoms with Crippen LogP contribution >= 0.6 is 0 Å². The van der Waals surface area contributed by atoms with Crippen LogP contribution in [-0.2, 0) is 0 Å². The second kappa shape index (κ2) is 5.69. The Hall–Kier alpha value is -1.11. The van der Waals surface area contributed by atoms with E-state index in [2.05, 4.69) is 5.32 Å². The first-order valence-corrected chi connectivity index (χ1v) is 5.45. The van der Waals surface area contributed by atoms with Gasteiger partial charge < -0.3 is 10.2 Å². The van der Waals surface area contributed by atoms with Gasteiger partial charge in [0.15, 0.2) is 0 Å². The largest absolute Gasteiger partial charge is 0.408 e. The summed E-state index contributed by atoms with van der Waals surface area (Å²) in [4.78, 5) is 0. The molecule has 0 heterocycles. The number of aliphatic hydroxyl groups is 2. The Morgan fingerprint density at radius 1 is 1.17 bits per heavy atom. The average Bonchev–Trinajstić information content (AvgIpc) is 2.35. The molecular weight excluding hydrogens is 247 g/mol. The molecule has 0 saturated heterocycles. The number of nitrogens with one attached hydrogen (secondary N) is 1. The van der Waals surface area contributed by atoms with Gasteiger partial charge in [-0.2, -0.15) is 13.2 Å². The van der Waals surface area contributed by atoms with Crippen LogP contribution in [0.4, 0.5) is 13.2 Å². The first-order chi connectivity index (χ1) is 8.34. The molecule has 0 bridgehead atoms. The van der Waals surface area contributed by atoms with E-state index in [1.54, 1.807) is 30.3 Å². The van der Waals surface area contributed by atoms with Crippen molar-refractivity contribution < 1.29 is 23.4 Å². The highest BCUT2D eigenvalue weighted by atomic mass is 19.4. The smallest absolute Gasteiger partial charge is 0.394 e. The molecule has 0 aliphatic rings. The standard InChI is InChI=1S/C12H16F3NO2/c1-11(8-18,12(13,14)15)16-10(7-17)9-5-3-2-4-6-9/h2-6,10,16-18H,7-8H2,1H3/t10-,11+/m0/s1. The number of rotatable bonds is 5. The van der Waals surface area contributed by atoms with Crippen LogP contribution in [0.25, 0.3) is 0 Å². The van der Waals surface area contributed by atoms with Crippen molar-refractivity contribution in [2.24, 2.45) is 0 Å². The highest BCUT2D eigenvalue weighted by molar-refractivity contribution is 5.19. The van der Waals surface area contributed by atoms with Gasteiger partial charge in [0.2, 0.25) is 0 Å². The molecule has 3 N–H and O–H groups in total. The molecule has 0 unspecified atom stereocenters. The molecule has 0 radical (unpaired) electrons. The number of hydrogen-bond donors (Lipinski definition) is 3. The molecule has 0 fully saturated rings. The average molecular weight is 263 g/mol. The van der Waals surface area contributed by atoms with Crippen LogP contribution in [0.1, 0.15) is 18.5 Å². The molecule has 102 valence electrons. The van der Waals surface area contributed by atoms with Gasteiger partial charge in [0.25, 0.3) is 0 Å². The second-order valence-corrected chi connectivity index (χ2v) is 4.28. The van der Waals surface area contributed by atoms with E-state index in [4.69, 9.17) is 5.11 Å².